The fourth-order valence-corrected chi connectivity index (χ4v) is 2.88. The Morgan fingerprint density at radius 3 is 2.35 bits per heavy atom. The average molecular weight is 274 g/mol. The van der Waals surface area contributed by atoms with Crippen LogP contribution in [0, 0.1) is 19.3 Å². The third-order valence-electron chi connectivity index (χ3n) is 4.38. The van der Waals surface area contributed by atoms with Gasteiger partial charge in [-0.2, -0.15) is 5.10 Å². The van der Waals surface area contributed by atoms with Crippen LogP contribution in [0.15, 0.2) is 0 Å². The Kier molecular flexibility index (Phi) is 3.33. The molecule has 3 rings (SSSR count). The molecule has 2 fully saturated rings. The van der Waals surface area contributed by atoms with Crippen LogP contribution in [0.4, 0.5) is 5.82 Å². The van der Waals surface area contributed by atoms with E-state index in [1.165, 1.54) is 12.8 Å². The lowest BCUT2D eigenvalue weighted by Crippen LogP contribution is -2.48. The van der Waals surface area contributed by atoms with Gasteiger partial charge in [0, 0.05) is 32.2 Å². The summed E-state index contributed by atoms with van der Waals surface area (Å²) in [6, 6.07) is 0.815. The number of hydrogen-bond acceptors (Lipinski definition) is 5. The minimum atomic E-state index is 0.0834. The quantitative estimate of drug-likeness (QED) is 0.625. The lowest BCUT2D eigenvalue weighted by Gasteiger charge is -2.36. The lowest BCUT2D eigenvalue weighted by atomic mass is 10.1. The largest absolute Gasteiger partial charge is 0.384 e. The molecule has 1 aliphatic heterocycles. The van der Waals surface area contributed by atoms with E-state index in [0.717, 1.165) is 54.9 Å². The zero-order chi connectivity index (χ0) is 14.3. The Labute approximate surface area is 119 Å². The van der Waals surface area contributed by atoms with Crippen molar-refractivity contribution >= 4 is 11.7 Å². The first kappa shape index (κ1) is 13.3. The summed E-state index contributed by atoms with van der Waals surface area (Å²) in [5.74, 6) is 0.858. The van der Waals surface area contributed by atoms with Crippen LogP contribution in [0.1, 0.15) is 29.7 Å². The van der Waals surface area contributed by atoms with Crippen molar-refractivity contribution in [2.45, 2.75) is 32.7 Å². The number of nitrogen functional groups attached to an aromatic ring is 1. The second-order valence-electron chi connectivity index (χ2n) is 5.78. The van der Waals surface area contributed by atoms with E-state index in [-0.39, 0.29) is 5.84 Å². The van der Waals surface area contributed by atoms with Crippen LogP contribution in [0.2, 0.25) is 0 Å². The van der Waals surface area contributed by atoms with Gasteiger partial charge in [-0.1, -0.05) is 0 Å². The van der Waals surface area contributed by atoms with E-state index < -0.39 is 0 Å². The van der Waals surface area contributed by atoms with E-state index in [1.807, 2.05) is 13.8 Å². The molecule has 1 aromatic rings. The summed E-state index contributed by atoms with van der Waals surface area (Å²) in [6.07, 6.45) is 2.70. The van der Waals surface area contributed by atoms with Gasteiger partial charge >= 0.3 is 0 Å². The van der Waals surface area contributed by atoms with Gasteiger partial charge in [0.2, 0.25) is 0 Å². The van der Waals surface area contributed by atoms with Crippen LogP contribution in [0.3, 0.4) is 0 Å². The van der Waals surface area contributed by atoms with Gasteiger partial charge in [0.25, 0.3) is 0 Å². The molecule has 0 radical (unpaired) electrons. The number of hydrogen-bond donors (Lipinski definition) is 2. The molecule has 0 bridgehead atoms. The van der Waals surface area contributed by atoms with Crippen LogP contribution in [0.5, 0.6) is 0 Å². The molecule has 6 heteroatoms. The SMILES string of the molecule is Cc1nnc(N2CCN(C3CC3)CC2)c(C(=N)N)c1C. The molecule has 1 saturated heterocycles. The molecule has 0 spiro atoms. The predicted octanol–water partition coefficient (Wildman–Crippen LogP) is 0.662. The molecule has 108 valence electrons. The Morgan fingerprint density at radius 1 is 1.15 bits per heavy atom. The minimum absolute atomic E-state index is 0.0834. The van der Waals surface area contributed by atoms with Crippen LogP contribution in [0.25, 0.3) is 0 Å². The summed E-state index contributed by atoms with van der Waals surface area (Å²) in [7, 11) is 0. The van der Waals surface area contributed by atoms with Gasteiger partial charge in [0.1, 0.15) is 5.84 Å². The summed E-state index contributed by atoms with van der Waals surface area (Å²) in [5, 5.41) is 16.3. The standard InChI is InChI=1S/C14H22N6/c1-9-10(2)17-18-14(12(9)13(15)16)20-7-5-19(6-8-20)11-3-4-11/h11H,3-8H2,1-2H3,(H3,15,16). The van der Waals surface area contributed by atoms with Gasteiger partial charge in [-0.15, -0.1) is 5.10 Å². The number of aryl methyl sites for hydroxylation is 1. The number of anilines is 1. The molecule has 0 amide bonds. The molecule has 0 aromatic carbocycles. The van der Waals surface area contributed by atoms with Crippen LogP contribution in [-0.2, 0) is 0 Å². The first-order valence-corrected chi connectivity index (χ1v) is 7.25. The molecule has 2 heterocycles. The number of nitrogens with zero attached hydrogens (tertiary/aromatic N) is 4. The fraction of sp³-hybridized carbons (Fsp3) is 0.643. The van der Waals surface area contributed by atoms with Crippen molar-refractivity contribution in [1.29, 1.82) is 5.41 Å². The molecule has 3 N–H and O–H groups in total. The summed E-state index contributed by atoms with van der Waals surface area (Å²) in [4.78, 5) is 4.77. The first-order valence-electron chi connectivity index (χ1n) is 7.25. The van der Waals surface area contributed by atoms with Gasteiger partial charge in [0.05, 0.1) is 11.3 Å². The molecule has 0 unspecified atom stereocenters. The smallest absolute Gasteiger partial charge is 0.162 e. The van der Waals surface area contributed by atoms with Gasteiger partial charge in [-0.3, -0.25) is 10.3 Å². The van der Waals surface area contributed by atoms with E-state index in [9.17, 15) is 0 Å². The van der Waals surface area contributed by atoms with Crippen molar-refractivity contribution in [3.05, 3.63) is 16.8 Å². The van der Waals surface area contributed by atoms with Crippen molar-refractivity contribution in [2.24, 2.45) is 5.73 Å². The van der Waals surface area contributed by atoms with Crippen molar-refractivity contribution < 1.29 is 0 Å². The Hall–Kier alpha value is -1.69. The van der Waals surface area contributed by atoms with E-state index in [1.54, 1.807) is 0 Å². The molecular formula is C14H22N6. The maximum absolute atomic E-state index is 7.82. The van der Waals surface area contributed by atoms with Crippen molar-refractivity contribution in [1.82, 2.24) is 15.1 Å². The monoisotopic (exact) mass is 274 g/mol. The predicted molar refractivity (Wildman–Crippen MR) is 79.3 cm³/mol. The number of piperazine rings is 1. The third-order valence-corrected chi connectivity index (χ3v) is 4.38. The molecular weight excluding hydrogens is 252 g/mol. The van der Waals surface area contributed by atoms with Crippen LogP contribution < -0.4 is 10.6 Å². The third kappa shape index (κ3) is 2.35. The summed E-state index contributed by atoms with van der Waals surface area (Å²) < 4.78 is 0. The highest BCUT2D eigenvalue weighted by Gasteiger charge is 2.32. The number of nitrogens with two attached hydrogens (primary N) is 1. The summed E-state index contributed by atoms with van der Waals surface area (Å²) in [5.41, 5.74) is 8.31. The van der Waals surface area contributed by atoms with Crippen molar-refractivity contribution in [2.75, 3.05) is 31.1 Å². The molecule has 1 saturated carbocycles. The Morgan fingerprint density at radius 2 is 1.80 bits per heavy atom. The first-order chi connectivity index (χ1) is 9.58. The van der Waals surface area contributed by atoms with E-state index in [2.05, 4.69) is 20.0 Å². The van der Waals surface area contributed by atoms with E-state index in [0.29, 0.717) is 0 Å². The molecule has 0 atom stereocenters. The number of amidine groups is 1. The van der Waals surface area contributed by atoms with E-state index >= 15 is 0 Å². The number of aromatic nitrogens is 2. The van der Waals surface area contributed by atoms with Crippen LogP contribution in [-0.4, -0.2) is 53.2 Å². The summed E-state index contributed by atoms with van der Waals surface area (Å²) in [6.45, 7) is 7.88. The van der Waals surface area contributed by atoms with Crippen molar-refractivity contribution in [3.63, 3.8) is 0 Å². The lowest BCUT2D eigenvalue weighted by molar-refractivity contribution is 0.247. The Balaban J connectivity index is 1.83. The zero-order valence-corrected chi connectivity index (χ0v) is 12.2. The normalized spacial score (nSPS) is 20.2. The van der Waals surface area contributed by atoms with Gasteiger partial charge < -0.3 is 10.6 Å². The molecule has 1 aliphatic carbocycles. The average Bonchev–Trinajstić information content (AvgIpc) is 3.26. The highest BCUT2D eigenvalue weighted by molar-refractivity contribution is 6.01. The van der Waals surface area contributed by atoms with Gasteiger partial charge in [-0.05, 0) is 32.3 Å². The highest BCUT2D eigenvalue weighted by Crippen LogP contribution is 2.29. The summed E-state index contributed by atoms with van der Waals surface area (Å²) >= 11 is 0. The van der Waals surface area contributed by atoms with E-state index in [4.69, 9.17) is 11.1 Å². The molecule has 20 heavy (non-hydrogen) atoms. The molecule has 2 aliphatic rings. The van der Waals surface area contributed by atoms with Gasteiger partial charge in [-0.25, -0.2) is 0 Å². The minimum Gasteiger partial charge on any atom is -0.384 e. The van der Waals surface area contributed by atoms with Crippen molar-refractivity contribution in [3.8, 4) is 0 Å². The maximum Gasteiger partial charge on any atom is 0.162 e. The maximum atomic E-state index is 7.82. The molecule has 1 aromatic heterocycles. The number of nitrogens with one attached hydrogen (secondary N) is 1. The fourth-order valence-electron chi connectivity index (χ4n) is 2.88. The van der Waals surface area contributed by atoms with Crippen LogP contribution >= 0.6 is 0 Å². The zero-order valence-electron chi connectivity index (χ0n) is 12.2. The molecule has 6 nitrogen and oxygen atoms in total. The number of rotatable bonds is 3. The highest BCUT2D eigenvalue weighted by atomic mass is 15.3. The second kappa shape index (κ2) is 5.01. The Bertz CT molecular complexity index is 529. The topological polar surface area (TPSA) is 82.1 Å². The second-order valence-corrected chi connectivity index (χ2v) is 5.78. The van der Waals surface area contributed by atoms with Gasteiger partial charge in [0.15, 0.2) is 5.82 Å².